The van der Waals surface area contributed by atoms with Crippen molar-refractivity contribution in [3.8, 4) is 6.07 Å². The Kier molecular flexibility index (Phi) is 2.41. The zero-order valence-electron chi connectivity index (χ0n) is 6.71. The molecule has 0 unspecified atom stereocenters. The summed E-state index contributed by atoms with van der Waals surface area (Å²) in [5.74, 6) is -0.321. The monoisotopic (exact) mass is 164 g/mol. The Morgan fingerprint density at radius 3 is 2.83 bits per heavy atom. The molecular formula is C9H9FN2. The molecule has 1 aromatic rings. The van der Waals surface area contributed by atoms with Gasteiger partial charge in [-0.1, -0.05) is 12.1 Å². The van der Waals surface area contributed by atoms with Crippen molar-refractivity contribution in [1.82, 2.24) is 0 Å². The molecule has 0 fully saturated rings. The predicted molar refractivity (Wildman–Crippen MR) is 43.7 cm³/mol. The molecule has 0 amide bonds. The van der Waals surface area contributed by atoms with Crippen molar-refractivity contribution in [3.05, 3.63) is 35.1 Å². The topological polar surface area (TPSA) is 49.8 Å². The molecule has 2 N–H and O–H groups in total. The Hall–Kier alpha value is -1.40. The van der Waals surface area contributed by atoms with Gasteiger partial charge in [-0.15, -0.1) is 0 Å². The third-order valence-corrected chi connectivity index (χ3v) is 1.78. The summed E-state index contributed by atoms with van der Waals surface area (Å²) < 4.78 is 12.9. The molecule has 12 heavy (non-hydrogen) atoms. The Morgan fingerprint density at radius 2 is 2.25 bits per heavy atom. The van der Waals surface area contributed by atoms with E-state index in [2.05, 4.69) is 0 Å². The first-order valence-corrected chi connectivity index (χ1v) is 3.57. The van der Waals surface area contributed by atoms with Gasteiger partial charge in [0.25, 0.3) is 0 Å². The van der Waals surface area contributed by atoms with Crippen molar-refractivity contribution in [2.45, 2.75) is 13.0 Å². The molecular weight excluding hydrogens is 155 g/mol. The lowest BCUT2D eigenvalue weighted by molar-refractivity contribution is 0.614. The normalized spacial score (nSPS) is 12.2. The van der Waals surface area contributed by atoms with E-state index in [-0.39, 0.29) is 5.82 Å². The van der Waals surface area contributed by atoms with Crippen LogP contribution in [0.4, 0.5) is 4.39 Å². The van der Waals surface area contributed by atoms with Crippen LogP contribution in [0.1, 0.15) is 17.2 Å². The minimum Gasteiger partial charge on any atom is -0.312 e. The summed E-state index contributed by atoms with van der Waals surface area (Å²) in [7, 11) is 0. The van der Waals surface area contributed by atoms with Crippen molar-refractivity contribution in [3.63, 3.8) is 0 Å². The maximum atomic E-state index is 12.9. The molecule has 0 heterocycles. The zero-order chi connectivity index (χ0) is 9.14. The van der Waals surface area contributed by atoms with Gasteiger partial charge in [0.2, 0.25) is 0 Å². The molecule has 0 aliphatic heterocycles. The first kappa shape index (κ1) is 8.69. The lowest BCUT2D eigenvalue weighted by atomic mass is 10.0. The van der Waals surface area contributed by atoms with Gasteiger partial charge in [-0.05, 0) is 24.1 Å². The van der Waals surface area contributed by atoms with Crippen molar-refractivity contribution in [2.75, 3.05) is 0 Å². The van der Waals surface area contributed by atoms with Gasteiger partial charge in [0.15, 0.2) is 0 Å². The molecule has 0 radical (unpaired) electrons. The summed E-state index contributed by atoms with van der Waals surface area (Å²) in [6.45, 7) is 1.61. The molecule has 0 aromatic heterocycles. The van der Waals surface area contributed by atoms with Crippen LogP contribution in [0.25, 0.3) is 0 Å². The fourth-order valence-electron chi connectivity index (χ4n) is 1.03. The number of nitrogens with zero attached hydrogens (tertiary/aromatic N) is 1. The van der Waals surface area contributed by atoms with E-state index in [1.165, 1.54) is 6.07 Å². The van der Waals surface area contributed by atoms with E-state index < -0.39 is 6.04 Å². The molecule has 1 atom stereocenters. The molecule has 0 saturated heterocycles. The minimum atomic E-state index is -0.735. The number of benzene rings is 1. The van der Waals surface area contributed by atoms with Crippen molar-refractivity contribution in [2.24, 2.45) is 5.73 Å². The molecule has 1 rings (SSSR count). The van der Waals surface area contributed by atoms with Gasteiger partial charge in [-0.25, -0.2) is 4.39 Å². The SMILES string of the molecule is Cc1c(F)cccc1[C@H](N)C#N. The van der Waals surface area contributed by atoms with Crippen LogP contribution in [0.2, 0.25) is 0 Å². The van der Waals surface area contributed by atoms with Gasteiger partial charge in [0, 0.05) is 0 Å². The van der Waals surface area contributed by atoms with Crippen LogP contribution >= 0.6 is 0 Å². The van der Waals surface area contributed by atoms with Gasteiger partial charge >= 0.3 is 0 Å². The van der Waals surface area contributed by atoms with E-state index in [9.17, 15) is 4.39 Å². The van der Waals surface area contributed by atoms with Crippen LogP contribution in [0.5, 0.6) is 0 Å². The third kappa shape index (κ3) is 1.44. The fraction of sp³-hybridized carbons (Fsp3) is 0.222. The van der Waals surface area contributed by atoms with E-state index in [0.29, 0.717) is 11.1 Å². The van der Waals surface area contributed by atoms with Crippen LogP contribution in [-0.4, -0.2) is 0 Å². The highest BCUT2D eigenvalue weighted by molar-refractivity contribution is 5.32. The highest BCUT2D eigenvalue weighted by Crippen LogP contribution is 2.17. The smallest absolute Gasteiger partial charge is 0.126 e. The van der Waals surface area contributed by atoms with Crippen molar-refractivity contribution in [1.29, 1.82) is 5.26 Å². The standard InChI is InChI=1S/C9H9FN2/c1-6-7(9(12)5-11)3-2-4-8(6)10/h2-4,9H,12H2,1H3/t9-/m1/s1. The maximum absolute atomic E-state index is 12.9. The predicted octanol–water partition coefficient (Wildman–Crippen LogP) is 1.66. The van der Waals surface area contributed by atoms with Gasteiger partial charge < -0.3 is 5.73 Å². The van der Waals surface area contributed by atoms with Crippen LogP contribution in [0.15, 0.2) is 18.2 Å². The highest BCUT2D eigenvalue weighted by atomic mass is 19.1. The van der Waals surface area contributed by atoms with Crippen LogP contribution in [-0.2, 0) is 0 Å². The molecule has 1 aromatic carbocycles. The highest BCUT2D eigenvalue weighted by Gasteiger charge is 2.09. The van der Waals surface area contributed by atoms with Gasteiger partial charge in [-0.3, -0.25) is 0 Å². The summed E-state index contributed by atoms with van der Waals surface area (Å²) in [6, 6.07) is 5.68. The summed E-state index contributed by atoms with van der Waals surface area (Å²) in [4.78, 5) is 0. The van der Waals surface area contributed by atoms with E-state index in [1.807, 2.05) is 6.07 Å². The Balaban J connectivity index is 3.18. The average Bonchev–Trinajstić information content (AvgIpc) is 2.08. The lowest BCUT2D eigenvalue weighted by Gasteiger charge is -2.06. The number of hydrogen-bond donors (Lipinski definition) is 1. The maximum Gasteiger partial charge on any atom is 0.126 e. The van der Waals surface area contributed by atoms with Crippen molar-refractivity contribution < 1.29 is 4.39 Å². The average molecular weight is 164 g/mol. The van der Waals surface area contributed by atoms with E-state index in [4.69, 9.17) is 11.0 Å². The molecule has 0 aliphatic carbocycles. The van der Waals surface area contributed by atoms with Gasteiger partial charge in [-0.2, -0.15) is 5.26 Å². The number of nitriles is 1. The number of nitrogens with two attached hydrogens (primary N) is 1. The van der Waals surface area contributed by atoms with Crippen LogP contribution in [0.3, 0.4) is 0 Å². The first-order chi connectivity index (χ1) is 5.66. The summed E-state index contributed by atoms with van der Waals surface area (Å²) in [5, 5.41) is 8.51. The molecule has 0 aliphatic rings. The van der Waals surface area contributed by atoms with Crippen molar-refractivity contribution >= 4 is 0 Å². The van der Waals surface area contributed by atoms with E-state index in [0.717, 1.165) is 0 Å². The Bertz CT molecular complexity index is 328. The van der Waals surface area contributed by atoms with Gasteiger partial charge in [0.05, 0.1) is 6.07 Å². The zero-order valence-corrected chi connectivity index (χ0v) is 6.71. The van der Waals surface area contributed by atoms with Crippen LogP contribution < -0.4 is 5.73 Å². The largest absolute Gasteiger partial charge is 0.312 e. The van der Waals surface area contributed by atoms with E-state index >= 15 is 0 Å². The van der Waals surface area contributed by atoms with Gasteiger partial charge in [0.1, 0.15) is 11.9 Å². The van der Waals surface area contributed by atoms with Crippen LogP contribution in [0, 0.1) is 24.1 Å². The minimum absolute atomic E-state index is 0.321. The molecule has 0 spiro atoms. The Morgan fingerprint density at radius 1 is 1.58 bits per heavy atom. The third-order valence-electron chi connectivity index (χ3n) is 1.78. The van der Waals surface area contributed by atoms with E-state index in [1.54, 1.807) is 19.1 Å². The molecule has 62 valence electrons. The number of halogens is 1. The molecule has 0 saturated carbocycles. The Labute approximate surface area is 70.4 Å². The lowest BCUT2D eigenvalue weighted by Crippen LogP contribution is -2.09. The second-order valence-corrected chi connectivity index (χ2v) is 2.56. The summed E-state index contributed by atoms with van der Waals surface area (Å²) in [6.07, 6.45) is 0. The number of hydrogen-bond acceptors (Lipinski definition) is 2. The quantitative estimate of drug-likeness (QED) is 0.686. The molecule has 3 heteroatoms. The first-order valence-electron chi connectivity index (χ1n) is 3.57. The summed E-state index contributed by atoms with van der Waals surface area (Å²) >= 11 is 0. The number of rotatable bonds is 1. The fourth-order valence-corrected chi connectivity index (χ4v) is 1.03. The molecule has 2 nitrogen and oxygen atoms in total. The second-order valence-electron chi connectivity index (χ2n) is 2.56. The summed E-state index contributed by atoms with van der Waals surface area (Å²) in [5.41, 5.74) is 6.44. The molecule has 0 bridgehead atoms. The second kappa shape index (κ2) is 3.33.